The minimum absolute atomic E-state index is 0.489. The lowest BCUT2D eigenvalue weighted by atomic mass is 10.0. The summed E-state index contributed by atoms with van der Waals surface area (Å²) in [7, 11) is 1.77. The van der Waals surface area contributed by atoms with Crippen molar-refractivity contribution in [2.45, 2.75) is 19.4 Å². The molecule has 0 spiro atoms. The van der Waals surface area contributed by atoms with Crippen molar-refractivity contribution >= 4 is 11.8 Å². The van der Waals surface area contributed by atoms with Gasteiger partial charge >= 0.3 is 0 Å². The number of rotatable bonds is 5. The lowest BCUT2D eigenvalue weighted by Crippen LogP contribution is -2.47. The van der Waals surface area contributed by atoms with Gasteiger partial charge in [0.05, 0.1) is 6.61 Å². The molecule has 4 heteroatoms. The molecule has 2 N–H and O–H groups in total. The zero-order valence-corrected chi connectivity index (χ0v) is 10.8. The van der Waals surface area contributed by atoms with Crippen molar-refractivity contribution in [3.63, 3.8) is 0 Å². The zero-order chi connectivity index (χ0) is 11.1. The standard InChI is InChI=1S/C11H24N2OS/c1-10(9-14-2)11(8-12)13-4-3-6-15-7-5-13/h10-11H,3-9,12H2,1-2H3. The van der Waals surface area contributed by atoms with Crippen LogP contribution >= 0.6 is 11.8 Å². The molecule has 0 aromatic carbocycles. The Morgan fingerprint density at radius 1 is 1.40 bits per heavy atom. The van der Waals surface area contributed by atoms with E-state index >= 15 is 0 Å². The summed E-state index contributed by atoms with van der Waals surface area (Å²) in [6.07, 6.45) is 1.29. The second-order valence-electron chi connectivity index (χ2n) is 4.24. The molecule has 1 aliphatic rings. The summed E-state index contributed by atoms with van der Waals surface area (Å²) < 4.78 is 5.22. The van der Waals surface area contributed by atoms with E-state index in [1.807, 2.05) is 0 Å². The van der Waals surface area contributed by atoms with Crippen LogP contribution in [-0.4, -0.2) is 55.8 Å². The second kappa shape index (κ2) is 7.49. The molecule has 1 aliphatic heterocycles. The SMILES string of the molecule is COCC(C)C(CN)N1CCCSCC1. The largest absolute Gasteiger partial charge is 0.384 e. The molecule has 90 valence electrons. The predicted octanol–water partition coefficient (Wildman–Crippen LogP) is 1.04. The number of ether oxygens (including phenoxy) is 1. The fraction of sp³-hybridized carbons (Fsp3) is 1.00. The first-order valence-corrected chi connectivity index (χ1v) is 6.96. The first-order chi connectivity index (χ1) is 7.29. The third kappa shape index (κ3) is 4.31. The molecule has 0 saturated carbocycles. The lowest BCUT2D eigenvalue weighted by Gasteiger charge is -2.33. The number of methoxy groups -OCH3 is 1. The number of thioether (sulfide) groups is 1. The van der Waals surface area contributed by atoms with Crippen LogP contribution in [0.5, 0.6) is 0 Å². The van der Waals surface area contributed by atoms with Crippen LogP contribution in [0.4, 0.5) is 0 Å². The van der Waals surface area contributed by atoms with Crippen LogP contribution in [-0.2, 0) is 4.74 Å². The molecule has 3 nitrogen and oxygen atoms in total. The van der Waals surface area contributed by atoms with Crippen LogP contribution in [0, 0.1) is 5.92 Å². The maximum absolute atomic E-state index is 5.88. The van der Waals surface area contributed by atoms with Crippen molar-refractivity contribution in [1.82, 2.24) is 4.90 Å². The van der Waals surface area contributed by atoms with Gasteiger partial charge in [0.1, 0.15) is 0 Å². The van der Waals surface area contributed by atoms with Gasteiger partial charge in [0, 0.05) is 32.0 Å². The summed E-state index contributed by atoms with van der Waals surface area (Å²) in [5, 5.41) is 0. The molecule has 1 fully saturated rings. The topological polar surface area (TPSA) is 38.5 Å². The zero-order valence-electron chi connectivity index (χ0n) is 9.95. The molecule has 2 atom stereocenters. The van der Waals surface area contributed by atoms with Gasteiger partial charge in [-0.1, -0.05) is 6.92 Å². The van der Waals surface area contributed by atoms with Gasteiger partial charge in [-0.2, -0.15) is 11.8 Å². The van der Waals surface area contributed by atoms with Gasteiger partial charge < -0.3 is 10.5 Å². The van der Waals surface area contributed by atoms with Gasteiger partial charge in [-0.3, -0.25) is 4.90 Å². The van der Waals surface area contributed by atoms with Crippen LogP contribution in [0.1, 0.15) is 13.3 Å². The molecule has 0 bridgehead atoms. The Hall–Kier alpha value is 0.230. The summed E-state index contributed by atoms with van der Waals surface area (Å²) in [5.41, 5.74) is 5.88. The van der Waals surface area contributed by atoms with Gasteiger partial charge in [-0.05, 0) is 24.6 Å². The van der Waals surface area contributed by atoms with Crippen LogP contribution in [0.25, 0.3) is 0 Å². The van der Waals surface area contributed by atoms with Crippen molar-refractivity contribution in [3.05, 3.63) is 0 Å². The smallest absolute Gasteiger partial charge is 0.0503 e. The normalized spacial score (nSPS) is 23.4. The Bertz CT molecular complexity index is 161. The summed E-state index contributed by atoms with van der Waals surface area (Å²) in [4.78, 5) is 2.55. The van der Waals surface area contributed by atoms with Crippen molar-refractivity contribution in [2.24, 2.45) is 11.7 Å². The fourth-order valence-electron chi connectivity index (χ4n) is 2.21. The molecule has 0 amide bonds. The van der Waals surface area contributed by atoms with E-state index in [1.54, 1.807) is 7.11 Å². The Balaban J connectivity index is 2.47. The number of hydrogen-bond donors (Lipinski definition) is 1. The summed E-state index contributed by atoms with van der Waals surface area (Å²) >= 11 is 2.06. The van der Waals surface area contributed by atoms with Gasteiger partial charge in [0.15, 0.2) is 0 Å². The van der Waals surface area contributed by atoms with E-state index in [1.165, 1.54) is 31.0 Å². The van der Waals surface area contributed by atoms with Gasteiger partial charge in [-0.25, -0.2) is 0 Å². The Kier molecular flexibility index (Phi) is 6.64. The highest BCUT2D eigenvalue weighted by atomic mass is 32.2. The van der Waals surface area contributed by atoms with Crippen molar-refractivity contribution in [3.8, 4) is 0 Å². The Labute approximate surface area is 97.7 Å². The van der Waals surface area contributed by atoms with Crippen molar-refractivity contribution in [1.29, 1.82) is 0 Å². The Morgan fingerprint density at radius 2 is 2.20 bits per heavy atom. The molecule has 0 radical (unpaired) electrons. The van der Waals surface area contributed by atoms with E-state index in [0.717, 1.165) is 13.2 Å². The summed E-state index contributed by atoms with van der Waals surface area (Å²) in [6, 6.07) is 0.489. The van der Waals surface area contributed by atoms with Gasteiger partial charge in [-0.15, -0.1) is 0 Å². The van der Waals surface area contributed by atoms with Crippen LogP contribution in [0.3, 0.4) is 0 Å². The minimum Gasteiger partial charge on any atom is -0.384 e. The highest BCUT2D eigenvalue weighted by molar-refractivity contribution is 7.99. The van der Waals surface area contributed by atoms with E-state index in [9.17, 15) is 0 Å². The van der Waals surface area contributed by atoms with Crippen molar-refractivity contribution in [2.75, 3.05) is 44.9 Å². The van der Waals surface area contributed by atoms with E-state index in [-0.39, 0.29) is 0 Å². The van der Waals surface area contributed by atoms with Crippen LogP contribution in [0.15, 0.2) is 0 Å². The quantitative estimate of drug-likeness (QED) is 0.768. The summed E-state index contributed by atoms with van der Waals surface area (Å²) in [6.45, 7) is 6.17. The number of hydrogen-bond acceptors (Lipinski definition) is 4. The predicted molar refractivity (Wildman–Crippen MR) is 67.4 cm³/mol. The molecule has 0 aromatic rings. The maximum atomic E-state index is 5.88. The van der Waals surface area contributed by atoms with Gasteiger partial charge in [0.25, 0.3) is 0 Å². The van der Waals surface area contributed by atoms with Crippen molar-refractivity contribution < 1.29 is 4.74 Å². The first-order valence-electron chi connectivity index (χ1n) is 5.80. The summed E-state index contributed by atoms with van der Waals surface area (Å²) in [5.74, 6) is 3.07. The monoisotopic (exact) mass is 232 g/mol. The first kappa shape index (κ1) is 13.3. The van der Waals surface area contributed by atoms with E-state index in [0.29, 0.717) is 12.0 Å². The van der Waals surface area contributed by atoms with E-state index in [2.05, 4.69) is 23.6 Å². The van der Waals surface area contributed by atoms with Crippen LogP contribution < -0.4 is 5.73 Å². The number of nitrogens with two attached hydrogens (primary N) is 1. The Morgan fingerprint density at radius 3 is 2.87 bits per heavy atom. The average Bonchev–Trinajstić information content (AvgIpc) is 2.48. The highest BCUT2D eigenvalue weighted by Crippen LogP contribution is 2.16. The molecule has 1 saturated heterocycles. The number of nitrogens with zero attached hydrogens (tertiary/aromatic N) is 1. The molecular weight excluding hydrogens is 208 g/mol. The van der Waals surface area contributed by atoms with Crippen LogP contribution in [0.2, 0.25) is 0 Å². The third-order valence-electron chi connectivity index (χ3n) is 3.05. The molecule has 1 rings (SSSR count). The molecule has 2 unspecified atom stereocenters. The second-order valence-corrected chi connectivity index (χ2v) is 5.46. The molecular formula is C11H24N2OS. The van der Waals surface area contributed by atoms with E-state index in [4.69, 9.17) is 10.5 Å². The molecule has 0 aromatic heterocycles. The fourth-order valence-corrected chi connectivity index (χ4v) is 3.11. The third-order valence-corrected chi connectivity index (χ3v) is 4.10. The lowest BCUT2D eigenvalue weighted by molar-refractivity contribution is 0.0892. The minimum atomic E-state index is 0.489. The molecule has 1 heterocycles. The molecule has 15 heavy (non-hydrogen) atoms. The van der Waals surface area contributed by atoms with Gasteiger partial charge in [0.2, 0.25) is 0 Å². The maximum Gasteiger partial charge on any atom is 0.0503 e. The molecule has 0 aliphatic carbocycles. The van der Waals surface area contributed by atoms with E-state index < -0.39 is 0 Å². The average molecular weight is 232 g/mol. The highest BCUT2D eigenvalue weighted by Gasteiger charge is 2.23.